The van der Waals surface area contributed by atoms with Gasteiger partial charge in [-0.1, -0.05) is 19.9 Å². The average molecular weight is 355 g/mol. The van der Waals surface area contributed by atoms with Crippen LogP contribution in [0.5, 0.6) is 0 Å². The van der Waals surface area contributed by atoms with Crippen molar-refractivity contribution in [3.8, 4) is 0 Å². The maximum absolute atomic E-state index is 12.5. The predicted molar refractivity (Wildman–Crippen MR) is 103 cm³/mol. The zero-order valence-electron chi connectivity index (χ0n) is 15.5. The highest BCUT2D eigenvalue weighted by Gasteiger charge is 2.13. The molecule has 1 N–H and O–H groups in total. The molecule has 6 heteroatoms. The summed E-state index contributed by atoms with van der Waals surface area (Å²) in [7, 11) is 1.32. The lowest BCUT2D eigenvalue weighted by Gasteiger charge is -2.23. The summed E-state index contributed by atoms with van der Waals surface area (Å²) >= 11 is 0. The van der Waals surface area contributed by atoms with E-state index in [0.717, 1.165) is 31.6 Å². The molecule has 2 aromatic rings. The maximum atomic E-state index is 12.5. The molecule has 1 heterocycles. The first-order valence-electron chi connectivity index (χ1n) is 8.79. The number of esters is 1. The number of ether oxygens (including phenoxy) is 1. The predicted octanol–water partition coefficient (Wildman–Crippen LogP) is 3.75. The molecule has 138 valence electrons. The number of amides is 1. The Hall–Kier alpha value is -2.89. The SMILES string of the molecule is CCCN(CCC)c1ccnc(C(=O)Nc2cccc(C(=O)OC)c2)c1. The molecule has 1 aromatic carbocycles. The van der Waals surface area contributed by atoms with Gasteiger partial charge in [-0.05, 0) is 43.2 Å². The number of hydrogen-bond donors (Lipinski definition) is 1. The number of anilines is 2. The minimum atomic E-state index is -0.448. The Morgan fingerprint density at radius 1 is 1.12 bits per heavy atom. The fourth-order valence-electron chi connectivity index (χ4n) is 2.69. The zero-order chi connectivity index (χ0) is 18.9. The zero-order valence-corrected chi connectivity index (χ0v) is 15.5. The van der Waals surface area contributed by atoms with Gasteiger partial charge in [0.05, 0.1) is 12.7 Å². The van der Waals surface area contributed by atoms with Gasteiger partial charge in [-0.15, -0.1) is 0 Å². The fraction of sp³-hybridized carbons (Fsp3) is 0.350. The molecule has 0 saturated heterocycles. The van der Waals surface area contributed by atoms with Crippen molar-refractivity contribution in [2.24, 2.45) is 0 Å². The van der Waals surface area contributed by atoms with Gasteiger partial charge in [0.1, 0.15) is 5.69 Å². The minimum absolute atomic E-state index is 0.318. The molecule has 0 saturated carbocycles. The van der Waals surface area contributed by atoms with Crippen molar-refractivity contribution in [1.29, 1.82) is 0 Å². The summed E-state index contributed by atoms with van der Waals surface area (Å²) in [6.45, 7) is 6.12. The Kier molecular flexibility index (Phi) is 7.14. The van der Waals surface area contributed by atoms with Crippen molar-refractivity contribution < 1.29 is 14.3 Å². The van der Waals surface area contributed by atoms with Gasteiger partial charge in [0.2, 0.25) is 0 Å². The van der Waals surface area contributed by atoms with E-state index in [-0.39, 0.29) is 5.91 Å². The highest BCUT2D eigenvalue weighted by molar-refractivity contribution is 6.04. The Morgan fingerprint density at radius 2 is 1.85 bits per heavy atom. The summed E-state index contributed by atoms with van der Waals surface area (Å²) in [6.07, 6.45) is 3.71. The number of pyridine rings is 1. The number of nitrogens with zero attached hydrogens (tertiary/aromatic N) is 2. The molecule has 0 aliphatic heterocycles. The number of methoxy groups -OCH3 is 1. The van der Waals surface area contributed by atoms with Crippen LogP contribution < -0.4 is 10.2 Å². The molecule has 6 nitrogen and oxygen atoms in total. The molecule has 0 aliphatic rings. The van der Waals surface area contributed by atoms with E-state index in [1.165, 1.54) is 7.11 Å². The first-order valence-corrected chi connectivity index (χ1v) is 8.79. The second-order valence-electron chi connectivity index (χ2n) is 5.91. The van der Waals surface area contributed by atoms with E-state index in [4.69, 9.17) is 4.74 Å². The van der Waals surface area contributed by atoms with Gasteiger partial charge in [-0.2, -0.15) is 0 Å². The first kappa shape index (κ1) is 19.4. The van der Waals surface area contributed by atoms with Crippen LogP contribution in [0.1, 0.15) is 47.5 Å². The summed E-state index contributed by atoms with van der Waals surface area (Å²) in [4.78, 5) is 30.6. The normalized spacial score (nSPS) is 10.3. The monoisotopic (exact) mass is 355 g/mol. The van der Waals surface area contributed by atoms with Gasteiger partial charge in [-0.3, -0.25) is 9.78 Å². The van der Waals surface area contributed by atoms with Gasteiger partial charge in [0, 0.05) is 30.7 Å². The van der Waals surface area contributed by atoms with Crippen LogP contribution in [0.3, 0.4) is 0 Å². The fourth-order valence-corrected chi connectivity index (χ4v) is 2.69. The Bertz CT molecular complexity index is 755. The van der Waals surface area contributed by atoms with E-state index in [0.29, 0.717) is 16.9 Å². The summed E-state index contributed by atoms with van der Waals surface area (Å²) < 4.78 is 4.70. The third-order valence-electron chi connectivity index (χ3n) is 3.87. The van der Waals surface area contributed by atoms with Gasteiger partial charge < -0.3 is 15.0 Å². The van der Waals surface area contributed by atoms with Gasteiger partial charge in [0.15, 0.2) is 0 Å². The second-order valence-corrected chi connectivity index (χ2v) is 5.91. The molecular formula is C20H25N3O3. The molecular weight excluding hydrogens is 330 g/mol. The van der Waals surface area contributed by atoms with Crippen LogP contribution in [0.4, 0.5) is 11.4 Å². The highest BCUT2D eigenvalue weighted by Crippen LogP contribution is 2.17. The Labute approximate surface area is 154 Å². The minimum Gasteiger partial charge on any atom is -0.465 e. The number of hydrogen-bond acceptors (Lipinski definition) is 5. The van der Waals surface area contributed by atoms with E-state index in [1.807, 2.05) is 6.07 Å². The molecule has 26 heavy (non-hydrogen) atoms. The molecule has 2 rings (SSSR count). The van der Waals surface area contributed by atoms with E-state index in [2.05, 4.69) is 29.0 Å². The largest absolute Gasteiger partial charge is 0.465 e. The van der Waals surface area contributed by atoms with Gasteiger partial charge >= 0.3 is 5.97 Å². The van der Waals surface area contributed by atoms with E-state index >= 15 is 0 Å². The Balaban J connectivity index is 2.17. The van der Waals surface area contributed by atoms with Crippen LogP contribution in [-0.2, 0) is 4.74 Å². The van der Waals surface area contributed by atoms with Crippen molar-refractivity contribution >= 4 is 23.3 Å². The van der Waals surface area contributed by atoms with Crippen molar-refractivity contribution in [2.75, 3.05) is 30.4 Å². The van der Waals surface area contributed by atoms with E-state index < -0.39 is 5.97 Å². The van der Waals surface area contributed by atoms with Crippen LogP contribution in [0.2, 0.25) is 0 Å². The molecule has 0 unspecified atom stereocenters. The van der Waals surface area contributed by atoms with Crippen molar-refractivity contribution in [3.05, 3.63) is 53.9 Å². The number of rotatable bonds is 8. The van der Waals surface area contributed by atoms with E-state index in [9.17, 15) is 9.59 Å². The molecule has 0 fully saturated rings. The van der Waals surface area contributed by atoms with Crippen molar-refractivity contribution in [2.45, 2.75) is 26.7 Å². The lowest BCUT2D eigenvalue weighted by Crippen LogP contribution is -2.25. The van der Waals surface area contributed by atoms with Crippen LogP contribution in [0.15, 0.2) is 42.6 Å². The lowest BCUT2D eigenvalue weighted by molar-refractivity contribution is 0.0600. The maximum Gasteiger partial charge on any atom is 0.337 e. The lowest BCUT2D eigenvalue weighted by atomic mass is 10.2. The van der Waals surface area contributed by atoms with Gasteiger partial charge in [0.25, 0.3) is 5.91 Å². The smallest absolute Gasteiger partial charge is 0.337 e. The number of aromatic nitrogens is 1. The van der Waals surface area contributed by atoms with Gasteiger partial charge in [-0.25, -0.2) is 4.79 Å². The molecule has 1 amide bonds. The van der Waals surface area contributed by atoms with Crippen LogP contribution >= 0.6 is 0 Å². The van der Waals surface area contributed by atoms with Crippen LogP contribution in [-0.4, -0.2) is 37.1 Å². The standard InChI is InChI=1S/C20H25N3O3/c1-4-11-23(12-5-2)17-9-10-21-18(14-17)19(24)22-16-8-6-7-15(13-16)20(25)26-3/h6-10,13-14H,4-5,11-12H2,1-3H3,(H,22,24). The Morgan fingerprint density at radius 3 is 2.50 bits per heavy atom. The molecule has 0 spiro atoms. The number of carbonyl (C=O) groups is 2. The summed E-state index contributed by atoms with van der Waals surface area (Å²) in [5, 5.41) is 2.78. The van der Waals surface area contributed by atoms with Crippen LogP contribution in [0.25, 0.3) is 0 Å². The van der Waals surface area contributed by atoms with E-state index in [1.54, 1.807) is 36.5 Å². The first-order chi connectivity index (χ1) is 12.6. The molecule has 0 radical (unpaired) electrons. The molecule has 1 aromatic heterocycles. The summed E-state index contributed by atoms with van der Waals surface area (Å²) in [6, 6.07) is 10.3. The summed E-state index contributed by atoms with van der Waals surface area (Å²) in [5.74, 6) is -0.766. The third-order valence-corrected chi connectivity index (χ3v) is 3.87. The van der Waals surface area contributed by atoms with Crippen molar-refractivity contribution in [3.63, 3.8) is 0 Å². The number of benzene rings is 1. The third kappa shape index (κ3) is 5.05. The quantitative estimate of drug-likeness (QED) is 0.730. The topological polar surface area (TPSA) is 71.5 Å². The number of carbonyl (C=O) groups excluding carboxylic acids is 2. The average Bonchev–Trinajstić information content (AvgIpc) is 2.67. The molecule has 0 atom stereocenters. The molecule has 0 bridgehead atoms. The summed E-state index contributed by atoms with van der Waals surface area (Å²) in [5.41, 5.74) is 2.22. The molecule has 0 aliphatic carbocycles. The van der Waals surface area contributed by atoms with Crippen molar-refractivity contribution in [1.82, 2.24) is 4.98 Å². The van der Waals surface area contributed by atoms with Crippen LogP contribution in [0, 0.1) is 0 Å². The highest BCUT2D eigenvalue weighted by atomic mass is 16.5. The second kappa shape index (κ2) is 9.56. The number of nitrogens with one attached hydrogen (secondary N) is 1.